The van der Waals surface area contributed by atoms with Gasteiger partial charge in [-0.25, -0.2) is 8.42 Å². The quantitative estimate of drug-likeness (QED) is 0.403. The lowest BCUT2D eigenvalue weighted by molar-refractivity contribution is 0.0950. The molecule has 7 heteroatoms. The van der Waals surface area contributed by atoms with Gasteiger partial charge in [0.05, 0.1) is 10.6 Å². The third-order valence-electron chi connectivity index (χ3n) is 6.83. The summed E-state index contributed by atoms with van der Waals surface area (Å²) in [7, 11) is -3.23. The number of benzene rings is 3. The summed E-state index contributed by atoms with van der Waals surface area (Å²) < 4.78 is 24.0. The Bertz CT molecular complexity index is 1320. The maximum atomic E-state index is 12.9. The van der Waals surface area contributed by atoms with Gasteiger partial charge in [-0.2, -0.15) is 0 Å². The molecule has 1 atom stereocenters. The highest BCUT2D eigenvalue weighted by molar-refractivity contribution is 7.91. The third kappa shape index (κ3) is 6.00. The maximum Gasteiger partial charge on any atom is 0.251 e. The zero-order chi connectivity index (χ0) is 25.9. The van der Waals surface area contributed by atoms with Gasteiger partial charge < -0.3 is 5.32 Å². The molecule has 0 saturated carbocycles. The first kappa shape index (κ1) is 26.4. The molecule has 1 aliphatic heterocycles. The van der Waals surface area contributed by atoms with Gasteiger partial charge in [-0.1, -0.05) is 62.7 Å². The molecule has 0 radical (unpaired) electrons. The van der Waals surface area contributed by atoms with Gasteiger partial charge >= 0.3 is 0 Å². The molecule has 0 aliphatic carbocycles. The number of sulfone groups is 1. The number of hydrogen-bond acceptors (Lipinski definition) is 4. The van der Waals surface area contributed by atoms with Crippen LogP contribution in [0.3, 0.4) is 0 Å². The van der Waals surface area contributed by atoms with E-state index in [0.717, 1.165) is 30.1 Å². The second-order valence-corrected chi connectivity index (χ2v) is 12.4. The molecule has 3 aromatic rings. The first-order chi connectivity index (χ1) is 17.2. The summed E-state index contributed by atoms with van der Waals surface area (Å²) in [5.41, 5.74) is 5.25. The highest BCUT2D eigenvalue weighted by Gasteiger charge is 2.30. The lowest BCUT2D eigenvalue weighted by Gasteiger charge is -2.40. The molecule has 36 heavy (non-hydrogen) atoms. The first-order valence-electron chi connectivity index (χ1n) is 12.4. The molecule has 0 aromatic heterocycles. The Kier molecular flexibility index (Phi) is 8.18. The van der Waals surface area contributed by atoms with Gasteiger partial charge in [-0.3, -0.25) is 9.69 Å². The number of carbonyl (C=O) groups is 1. The molecule has 1 amide bonds. The highest BCUT2D eigenvalue weighted by Crippen LogP contribution is 2.36. The summed E-state index contributed by atoms with van der Waals surface area (Å²) >= 11 is 6.06. The summed E-state index contributed by atoms with van der Waals surface area (Å²) in [4.78, 5) is 15.7. The molecule has 1 N–H and O–H groups in total. The van der Waals surface area contributed by atoms with E-state index in [4.69, 9.17) is 11.6 Å². The van der Waals surface area contributed by atoms with Crippen molar-refractivity contribution < 1.29 is 13.2 Å². The molecular formula is C29H33ClN2O3S. The molecule has 190 valence electrons. The first-order valence-corrected chi connectivity index (χ1v) is 14.4. The Morgan fingerprint density at radius 3 is 2.33 bits per heavy atom. The van der Waals surface area contributed by atoms with Crippen LogP contribution in [0.25, 0.3) is 0 Å². The van der Waals surface area contributed by atoms with Crippen LogP contribution in [-0.4, -0.2) is 31.5 Å². The molecule has 1 aliphatic rings. The van der Waals surface area contributed by atoms with Crippen LogP contribution in [0.15, 0.2) is 71.6 Å². The Labute approximate surface area is 219 Å². The van der Waals surface area contributed by atoms with Crippen LogP contribution in [0.2, 0.25) is 5.02 Å². The third-order valence-corrected chi connectivity index (χ3v) is 8.83. The van der Waals surface area contributed by atoms with Crippen molar-refractivity contribution in [1.29, 1.82) is 0 Å². The number of carbonyl (C=O) groups excluding carboxylic acids is 1. The lowest BCUT2D eigenvalue weighted by atomic mass is 9.85. The second-order valence-electron chi connectivity index (χ2n) is 9.68. The Balaban J connectivity index is 1.45. The van der Waals surface area contributed by atoms with Crippen molar-refractivity contribution in [2.75, 3.05) is 12.3 Å². The zero-order valence-electron chi connectivity index (χ0n) is 21.0. The number of amides is 1. The molecule has 0 spiro atoms. The monoisotopic (exact) mass is 524 g/mol. The van der Waals surface area contributed by atoms with Crippen LogP contribution in [0.1, 0.15) is 59.4 Å². The Hall–Kier alpha value is -2.67. The van der Waals surface area contributed by atoms with Crippen LogP contribution in [0.4, 0.5) is 0 Å². The van der Waals surface area contributed by atoms with Crippen LogP contribution < -0.4 is 5.32 Å². The number of nitrogens with zero attached hydrogens (tertiary/aromatic N) is 1. The van der Waals surface area contributed by atoms with Crippen molar-refractivity contribution in [3.63, 3.8) is 0 Å². The van der Waals surface area contributed by atoms with Crippen molar-refractivity contribution in [3.05, 3.63) is 99.6 Å². The molecule has 1 heterocycles. The van der Waals surface area contributed by atoms with E-state index in [1.165, 1.54) is 16.7 Å². The molecular weight excluding hydrogens is 492 g/mol. The van der Waals surface area contributed by atoms with Crippen LogP contribution >= 0.6 is 11.6 Å². The van der Waals surface area contributed by atoms with Gasteiger partial charge in [0.1, 0.15) is 0 Å². The van der Waals surface area contributed by atoms with Crippen LogP contribution in [0, 0.1) is 5.92 Å². The fraction of sp³-hybridized carbons (Fsp3) is 0.345. The fourth-order valence-electron chi connectivity index (χ4n) is 4.90. The van der Waals surface area contributed by atoms with Crippen molar-refractivity contribution in [2.45, 2.75) is 51.2 Å². The smallest absolute Gasteiger partial charge is 0.251 e. The maximum absolute atomic E-state index is 12.9. The summed E-state index contributed by atoms with van der Waals surface area (Å²) in [6.07, 6.45) is 0.890. The van der Waals surface area contributed by atoms with E-state index >= 15 is 0 Å². The van der Waals surface area contributed by atoms with Crippen molar-refractivity contribution in [3.8, 4) is 0 Å². The van der Waals surface area contributed by atoms with Gasteiger partial charge in [0, 0.05) is 36.3 Å². The predicted molar refractivity (Wildman–Crippen MR) is 145 cm³/mol. The minimum Gasteiger partial charge on any atom is -0.348 e. The number of halogens is 1. The summed E-state index contributed by atoms with van der Waals surface area (Å²) in [6, 6.07) is 21.0. The van der Waals surface area contributed by atoms with E-state index in [2.05, 4.69) is 42.3 Å². The normalized spacial score (nSPS) is 16.1. The van der Waals surface area contributed by atoms with E-state index in [0.29, 0.717) is 22.9 Å². The van der Waals surface area contributed by atoms with Crippen molar-refractivity contribution in [1.82, 2.24) is 10.2 Å². The Morgan fingerprint density at radius 2 is 1.69 bits per heavy atom. The largest absolute Gasteiger partial charge is 0.348 e. The van der Waals surface area contributed by atoms with Gasteiger partial charge in [0.15, 0.2) is 9.84 Å². The van der Waals surface area contributed by atoms with E-state index in [-0.39, 0.29) is 17.7 Å². The van der Waals surface area contributed by atoms with Gasteiger partial charge in [-0.15, -0.1) is 0 Å². The van der Waals surface area contributed by atoms with Crippen LogP contribution in [-0.2, 0) is 29.3 Å². The molecule has 0 saturated heterocycles. The topological polar surface area (TPSA) is 66.5 Å². The Morgan fingerprint density at radius 1 is 1.03 bits per heavy atom. The predicted octanol–water partition coefficient (Wildman–Crippen LogP) is 5.82. The molecule has 0 bridgehead atoms. The minimum absolute atomic E-state index is 0.0674. The lowest BCUT2D eigenvalue weighted by Crippen LogP contribution is -2.38. The van der Waals surface area contributed by atoms with E-state index in [1.54, 1.807) is 31.2 Å². The summed E-state index contributed by atoms with van der Waals surface area (Å²) in [5.74, 6) is 0.362. The van der Waals surface area contributed by atoms with Crippen molar-refractivity contribution >= 4 is 27.3 Å². The highest BCUT2D eigenvalue weighted by atomic mass is 35.5. The average molecular weight is 525 g/mol. The van der Waals surface area contributed by atoms with Crippen molar-refractivity contribution in [2.24, 2.45) is 5.92 Å². The summed E-state index contributed by atoms with van der Waals surface area (Å²) in [6.45, 7) is 8.24. The number of rotatable bonds is 8. The second kappa shape index (κ2) is 11.2. The van der Waals surface area contributed by atoms with E-state index < -0.39 is 9.84 Å². The number of fused-ring (bicyclic) bond motifs is 1. The molecule has 5 nitrogen and oxygen atoms in total. The van der Waals surface area contributed by atoms with E-state index in [1.807, 2.05) is 24.3 Å². The molecule has 3 aromatic carbocycles. The minimum atomic E-state index is -3.23. The summed E-state index contributed by atoms with van der Waals surface area (Å²) in [5, 5.41) is 3.71. The van der Waals surface area contributed by atoms with Crippen LogP contribution in [0.5, 0.6) is 0 Å². The molecule has 0 fully saturated rings. The standard InChI is InChI=1S/C29H33ClN2O3S/c1-4-36(34,35)26-12-7-21(8-13-26)18-31-29(33)24-9-14-27-23(17-24)15-16-32(28(27)20(2)3)19-22-5-10-25(30)11-6-22/h5-14,17,20,28H,4,15-16,18-19H2,1-3H3,(H,31,33). The fourth-order valence-corrected chi connectivity index (χ4v) is 5.91. The van der Waals surface area contributed by atoms with E-state index in [9.17, 15) is 13.2 Å². The number of hydrogen-bond donors (Lipinski definition) is 1. The number of nitrogens with one attached hydrogen (secondary N) is 1. The SMILES string of the molecule is CCS(=O)(=O)c1ccc(CNC(=O)c2ccc3c(c2)CCN(Cc2ccc(Cl)cc2)C3C(C)C)cc1. The van der Waals surface area contributed by atoms with Gasteiger partial charge in [-0.05, 0) is 71.0 Å². The average Bonchev–Trinajstić information content (AvgIpc) is 2.88. The van der Waals surface area contributed by atoms with Gasteiger partial charge in [0.25, 0.3) is 5.91 Å². The zero-order valence-corrected chi connectivity index (χ0v) is 22.6. The molecule has 4 rings (SSSR count). The van der Waals surface area contributed by atoms with Gasteiger partial charge in [0.2, 0.25) is 0 Å². The molecule has 1 unspecified atom stereocenters.